The Morgan fingerprint density at radius 2 is 1.83 bits per heavy atom. The van der Waals surface area contributed by atoms with E-state index in [1.807, 2.05) is 42.5 Å². The molecular formula is C18H14BrNO4. The third-order valence-corrected chi connectivity index (χ3v) is 3.89. The van der Waals surface area contributed by atoms with Gasteiger partial charge < -0.3 is 14.5 Å². The van der Waals surface area contributed by atoms with Gasteiger partial charge in [-0.05, 0) is 44.4 Å². The first kappa shape index (κ1) is 16.3. The number of rotatable bonds is 5. The quantitative estimate of drug-likeness (QED) is 0.678. The summed E-state index contributed by atoms with van der Waals surface area (Å²) < 4.78 is 10.8. The molecule has 0 radical (unpaired) electrons. The largest absolute Gasteiger partial charge is 0.459 e. The summed E-state index contributed by atoms with van der Waals surface area (Å²) in [5.41, 5.74) is 0.919. The van der Waals surface area contributed by atoms with Crippen LogP contribution in [0.3, 0.4) is 0 Å². The van der Waals surface area contributed by atoms with Gasteiger partial charge in [0.2, 0.25) is 0 Å². The van der Waals surface area contributed by atoms with Gasteiger partial charge in [-0.2, -0.15) is 0 Å². The molecule has 5 nitrogen and oxygen atoms in total. The molecule has 24 heavy (non-hydrogen) atoms. The lowest BCUT2D eigenvalue weighted by Crippen LogP contribution is -2.30. The molecule has 6 heteroatoms. The Bertz CT molecular complexity index is 882. The summed E-state index contributed by atoms with van der Waals surface area (Å²) in [4.78, 5) is 23.6. The Morgan fingerprint density at radius 3 is 2.62 bits per heavy atom. The van der Waals surface area contributed by atoms with Gasteiger partial charge in [0.15, 0.2) is 10.4 Å². The van der Waals surface area contributed by atoms with E-state index in [2.05, 4.69) is 21.2 Å². The summed E-state index contributed by atoms with van der Waals surface area (Å²) in [6, 6.07) is 16.8. The highest BCUT2D eigenvalue weighted by Crippen LogP contribution is 2.19. The first-order valence-corrected chi connectivity index (χ1v) is 8.08. The lowest BCUT2D eigenvalue weighted by atomic mass is 10.1. The zero-order chi connectivity index (χ0) is 16.9. The molecule has 1 amide bonds. The fraction of sp³-hybridized carbons (Fsp3) is 0.111. The van der Waals surface area contributed by atoms with E-state index < -0.39 is 11.9 Å². The number of furan rings is 1. The van der Waals surface area contributed by atoms with Gasteiger partial charge in [0.25, 0.3) is 5.91 Å². The van der Waals surface area contributed by atoms with Gasteiger partial charge in [-0.15, -0.1) is 0 Å². The number of esters is 1. The fourth-order valence-electron chi connectivity index (χ4n) is 2.30. The second kappa shape index (κ2) is 7.31. The van der Waals surface area contributed by atoms with Crippen LogP contribution in [0.5, 0.6) is 0 Å². The van der Waals surface area contributed by atoms with Crippen molar-refractivity contribution in [2.75, 3.05) is 6.54 Å². The van der Waals surface area contributed by atoms with Crippen LogP contribution in [-0.2, 0) is 16.1 Å². The van der Waals surface area contributed by atoms with E-state index >= 15 is 0 Å². The molecule has 0 saturated heterocycles. The summed E-state index contributed by atoms with van der Waals surface area (Å²) in [7, 11) is 0. The van der Waals surface area contributed by atoms with Crippen molar-refractivity contribution in [2.45, 2.75) is 6.61 Å². The Kier molecular flexibility index (Phi) is 4.96. The van der Waals surface area contributed by atoms with Crippen molar-refractivity contribution in [3.8, 4) is 0 Å². The van der Waals surface area contributed by atoms with Crippen molar-refractivity contribution in [3.05, 3.63) is 70.6 Å². The van der Waals surface area contributed by atoms with E-state index in [9.17, 15) is 9.59 Å². The topological polar surface area (TPSA) is 68.5 Å². The summed E-state index contributed by atoms with van der Waals surface area (Å²) in [5, 5.41) is 4.58. The third kappa shape index (κ3) is 3.83. The van der Waals surface area contributed by atoms with Gasteiger partial charge in [0.1, 0.15) is 13.2 Å². The number of nitrogens with one attached hydrogen (secondary N) is 1. The zero-order valence-corrected chi connectivity index (χ0v) is 14.2. The SMILES string of the molecule is O=C(CNC(=O)c1ccc(Br)o1)OCc1cccc2ccccc12. The van der Waals surface area contributed by atoms with Gasteiger partial charge in [0, 0.05) is 0 Å². The molecule has 0 aliphatic heterocycles. The van der Waals surface area contributed by atoms with Crippen molar-refractivity contribution in [1.29, 1.82) is 0 Å². The van der Waals surface area contributed by atoms with E-state index in [0.29, 0.717) is 4.67 Å². The number of hydrogen-bond acceptors (Lipinski definition) is 4. The average Bonchev–Trinajstić information content (AvgIpc) is 3.04. The highest BCUT2D eigenvalue weighted by molar-refractivity contribution is 9.10. The minimum atomic E-state index is -0.512. The highest BCUT2D eigenvalue weighted by Gasteiger charge is 2.12. The number of hydrogen-bond donors (Lipinski definition) is 1. The zero-order valence-electron chi connectivity index (χ0n) is 12.6. The van der Waals surface area contributed by atoms with E-state index in [-0.39, 0.29) is 18.9 Å². The minimum absolute atomic E-state index is 0.128. The maximum atomic E-state index is 11.8. The summed E-state index contributed by atoms with van der Waals surface area (Å²) in [6.07, 6.45) is 0. The van der Waals surface area contributed by atoms with Crippen LogP contribution in [0.2, 0.25) is 0 Å². The molecule has 0 atom stereocenters. The second-order valence-electron chi connectivity index (χ2n) is 5.09. The fourth-order valence-corrected chi connectivity index (χ4v) is 2.61. The molecule has 3 aromatic rings. The van der Waals surface area contributed by atoms with Gasteiger partial charge in [-0.3, -0.25) is 9.59 Å². The van der Waals surface area contributed by atoms with E-state index in [1.54, 1.807) is 6.07 Å². The van der Waals surface area contributed by atoms with Crippen LogP contribution in [-0.4, -0.2) is 18.4 Å². The van der Waals surface area contributed by atoms with Gasteiger partial charge in [-0.1, -0.05) is 42.5 Å². The molecule has 122 valence electrons. The lowest BCUT2D eigenvalue weighted by Gasteiger charge is -2.08. The molecule has 1 aromatic heterocycles. The maximum Gasteiger partial charge on any atom is 0.325 e. The highest BCUT2D eigenvalue weighted by atomic mass is 79.9. The van der Waals surface area contributed by atoms with Crippen molar-refractivity contribution >= 4 is 38.6 Å². The molecule has 0 aliphatic rings. The van der Waals surface area contributed by atoms with Crippen LogP contribution < -0.4 is 5.32 Å². The first-order chi connectivity index (χ1) is 11.6. The Labute approximate surface area is 146 Å². The number of halogens is 1. The molecule has 0 bridgehead atoms. The van der Waals surface area contributed by atoms with Crippen molar-refractivity contribution < 1.29 is 18.7 Å². The second-order valence-corrected chi connectivity index (χ2v) is 5.87. The molecule has 0 saturated carbocycles. The standard InChI is InChI=1S/C18H14BrNO4/c19-16-9-8-15(24-16)18(22)20-10-17(21)23-11-13-6-3-5-12-4-1-2-7-14(12)13/h1-9H,10-11H2,(H,20,22). The average molecular weight is 388 g/mol. The van der Waals surface area contributed by atoms with E-state index in [0.717, 1.165) is 16.3 Å². The maximum absolute atomic E-state index is 11.8. The van der Waals surface area contributed by atoms with Crippen molar-refractivity contribution in [2.24, 2.45) is 0 Å². The molecule has 1 heterocycles. The normalized spacial score (nSPS) is 10.5. The minimum Gasteiger partial charge on any atom is -0.459 e. The predicted molar refractivity (Wildman–Crippen MR) is 92.5 cm³/mol. The summed E-state index contributed by atoms with van der Waals surface area (Å²) in [6.45, 7) is -0.0652. The number of amides is 1. The number of carbonyl (C=O) groups is 2. The van der Waals surface area contributed by atoms with E-state index in [4.69, 9.17) is 9.15 Å². The van der Waals surface area contributed by atoms with Crippen LogP contribution in [0, 0.1) is 0 Å². The Balaban J connectivity index is 1.54. The van der Waals surface area contributed by atoms with Crippen LogP contribution in [0.4, 0.5) is 0 Å². The van der Waals surface area contributed by atoms with Crippen LogP contribution in [0.15, 0.2) is 63.7 Å². The molecule has 0 aliphatic carbocycles. The summed E-state index contributed by atoms with van der Waals surface area (Å²) in [5.74, 6) is -0.853. The van der Waals surface area contributed by atoms with Crippen LogP contribution in [0.25, 0.3) is 10.8 Å². The molecule has 2 aromatic carbocycles. The monoisotopic (exact) mass is 387 g/mol. The molecule has 0 spiro atoms. The lowest BCUT2D eigenvalue weighted by molar-refractivity contribution is -0.143. The predicted octanol–water partition coefficient (Wildman–Crippen LogP) is 3.67. The number of fused-ring (bicyclic) bond motifs is 1. The van der Waals surface area contributed by atoms with Gasteiger partial charge >= 0.3 is 5.97 Å². The van der Waals surface area contributed by atoms with E-state index in [1.165, 1.54) is 6.07 Å². The molecule has 1 N–H and O–H groups in total. The van der Waals surface area contributed by atoms with Crippen molar-refractivity contribution in [3.63, 3.8) is 0 Å². The number of benzene rings is 2. The Hall–Kier alpha value is -2.60. The van der Waals surface area contributed by atoms with Gasteiger partial charge in [-0.25, -0.2) is 0 Å². The molecule has 3 rings (SSSR count). The summed E-state index contributed by atoms with van der Waals surface area (Å²) >= 11 is 3.11. The first-order valence-electron chi connectivity index (χ1n) is 7.29. The van der Waals surface area contributed by atoms with Crippen LogP contribution in [0.1, 0.15) is 16.1 Å². The molecule has 0 fully saturated rings. The number of ether oxygens (including phenoxy) is 1. The molecule has 0 unspecified atom stereocenters. The Morgan fingerprint density at radius 1 is 1.04 bits per heavy atom. The van der Waals surface area contributed by atoms with Gasteiger partial charge in [0.05, 0.1) is 0 Å². The third-order valence-electron chi connectivity index (χ3n) is 3.46. The number of carbonyl (C=O) groups excluding carboxylic acids is 2. The smallest absolute Gasteiger partial charge is 0.325 e. The van der Waals surface area contributed by atoms with Crippen molar-refractivity contribution in [1.82, 2.24) is 5.32 Å². The molecular weight excluding hydrogens is 374 g/mol. The van der Waals surface area contributed by atoms with Crippen LogP contribution >= 0.6 is 15.9 Å².